The minimum atomic E-state index is 0.0445. The van der Waals surface area contributed by atoms with E-state index in [1.54, 1.807) is 11.3 Å². The summed E-state index contributed by atoms with van der Waals surface area (Å²) in [7, 11) is 1.93. The summed E-state index contributed by atoms with van der Waals surface area (Å²) in [6.45, 7) is 0. The summed E-state index contributed by atoms with van der Waals surface area (Å²) >= 11 is 8.35. The number of ketones is 1. The number of thiazole rings is 1. The topological polar surface area (TPSA) is 47.8 Å². The zero-order valence-corrected chi connectivity index (χ0v) is 17.7. The van der Waals surface area contributed by atoms with E-state index in [9.17, 15) is 4.79 Å². The molecular formula is C23H20ClN3OS. The Hall–Kier alpha value is -2.50. The van der Waals surface area contributed by atoms with Gasteiger partial charge in [-0.15, -0.1) is 11.3 Å². The van der Waals surface area contributed by atoms with Gasteiger partial charge in [-0.2, -0.15) is 5.10 Å². The van der Waals surface area contributed by atoms with Crippen LogP contribution in [-0.4, -0.2) is 20.5 Å². The fraction of sp³-hybridized carbons (Fsp3) is 0.261. The van der Waals surface area contributed by atoms with Crippen LogP contribution in [0.25, 0.3) is 22.0 Å². The number of aryl methyl sites for hydroxylation is 3. The number of fused-ring (bicyclic) bond motifs is 2. The van der Waals surface area contributed by atoms with Crippen molar-refractivity contribution in [3.8, 4) is 11.1 Å². The minimum Gasteiger partial charge on any atom is -0.291 e. The Bertz CT molecular complexity index is 1220. The van der Waals surface area contributed by atoms with Crippen LogP contribution in [0.4, 0.5) is 0 Å². The molecular weight excluding hydrogens is 402 g/mol. The molecule has 2 aromatic heterocycles. The molecule has 1 aliphatic carbocycles. The first-order chi connectivity index (χ1) is 14.1. The fourth-order valence-corrected chi connectivity index (χ4v) is 5.44. The molecule has 5 rings (SSSR count). The molecule has 0 amide bonds. The van der Waals surface area contributed by atoms with E-state index in [1.165, 1.54) is 11.3 Å². The molecule has 0 N–H and O–H groups in total. The molecule has 6 heteroatoms. The van der Waals surface area contributed by atoms with Crippen LogP contribution in [-0.2, 0) is 26.3 Å². The van der Waals surface area contributed by atoms with E-state index in [2.05, 4.69) is 10.1 Å². The van der Waals surface area contributed by atoms with Gasteiger partial charge in [0.1, 0.15) is 0 Å². The molecule has 0 radical (unpaired) electrons. The van der Waals surface area contributed by atoms with Crippen LogP contribution in [0, 0.1) is 0 Å². The second-order valence-electron chi connectivity index (χ2n) is 7.48. The lowest BCUT2D eigenvalue weighted by Gasteiger charge is -2.10. The van der Waals surface area contributed by atoms with Crippen molar-refractivity contribution >= 4 is 39.6 Å². The average Bonchev–Trinajstić information content (AvgIpc) is 3.34. The largest absolute Gasteiger partial charge is 0.291 e. The van der Waals surface area contributed by atoms with E-state index in [0.29, 0.717) is 10.0 Å². The second-order valence-corrected chi connectivity index (χ2v) is 8.94. The van der Waals surface area contributed by atoms with Gasteiger partial charge in [-0.05, 0) is 42.9 Å². The lowest BCUT2D eigenvalue weighted by atomic mass is 9.98. The van der Waals surface area contributed by atoms with Crippen molar-refractivity contribution in [3.63, 3.8) is 0 Å². The molecule has 2 heterocycles. The molecule has 29 heavy (non-hydrogen) atoms. The van der Waals surface area contributed by atoms with Gasteiger partial charge < -0.3 is 0 Å². The van der Waals surface area contributed by atoms with Crippen LogP contribution >= 0.6 is 22.9 Å². The quantitative estimate of drug-likeness (QED) is 0.400. The molecule has 0 saturated carbocycles. The first kappa shape index (κ1) is 18.5. The van der Waals surface area contributed by atoms with Crippen LogP contribution < -0.4 is 0 Å². The molecule has 0 bridgehead atoms. The smallest absolute Gasteiger partial charge is 0.195 e. The lowest BCUT2D eigenvalue weighted by Crippen LogP contribution is -2.05. The monoisotopic (exact) mass is 421 g/mol. The second kappa shape index (κ2) is 7.39. The SMILES string of the molecule is Cn1ncc2c(-c3cccc(CC(=O)c4nc5c(s4)CCCC5)c3Cl)cccc21. The van der Waals surface area contributed by atoms with Gasteiger partial charge in [0.25, 0.3) is 0 Å². The van der Waals surface area contributed by atoms with Gasteiger partial charge in [-0.1, -0.05) is 41.9 Å². The van der Waals surface area contributed by atoms with E-state index < -0.39 is 0 Å². The van der Waals surface area contributed by atoms with Gasteiger partial charge in [-0.25, -0.2) is 4.98 Å². The molecule has 0 fully saturated rings. The van der Waals surface area contributed by atoms with Gasteiger partial charge in [0.2, 0.25) is 0 Å². The molecule has 4 nitrogen and oxygen atoms in total. The van der Waals surface area contributed by atoms with Gasteiger partial charge in [0, 0.05) is 29.3 Å². The predicted molar refractivity (Wildman–Crippen MR) is 118 cm³/mol. The van der Waals surface area contributed by atoms with Crippen molar-refractivity contribution in [3.05, 3.63) is 68.8 Å². The summed E-state index contributed by atoms with van der Waals surface area (Å²) in [5.41, 5.74) is 4.96. The van der Waals surface area contributed by atoms with Crippen molar-refractivity contribution in [1.82, 2.24) is 14.8 Å². The molecule has 146 valence electrons. The number of benzene rings is 2. The van der Waals surface area contributed by atoms with Crippen molar-refractivity contribution in [2.45, 2.75) is 32.1 Å². The van der Waals surface area contributed by atoms with Crippen molar-refractivity contribution in [2.75, 3.05) is 0 Å². The van der Waals surface area contributed by atoms with Crippen LogP contribution in [0.5, 0.6) is 0 Å². The molecule has 0 unspecified atom stereocenters. The molecule has 0 aliphatic heterocycles. The van der Waals surface area contributed by atoms with Crippen LogP contribution in [0.15, 0.2) is 42.6 Å². The van der Waals surface area contributed by atoms with Crippen molar-refractivity contribution in [1.29, 1.82) is 0 Å². The zero-order valence-electron chi connectivity index (χ0n) is 16.1. The number of aromatic nitrogens is 3. The molecule has 1 aliphatic rings. The van der Waals surface area contributed by atoms with E-state index in [4.69, 9.17) is 11.6 Å². The van der Waals surface area contributed by atoms with Gasteiger partial charge >= 0.3 is 0 Å². The Labute approximate surface area is 178 Å². The third-order valence-electron chi connectivity index (χ3n) is 5.60. The number of rotatable bonds is 4. The number of halogens is 1. The number of hydrogen-bond donors (Lipinski definition) is 0. The maximum Gasteiger partial charge on any atom is 0.195 e. The normalized spacial score (nSPS) is 13.6. The number of carbonyl (C=O) groups excluding carboxylic acids is 1. The van der Waals surface area contributed by atoms with Crippen LogP contribution in [0.2, 0.25) is 5.02 Å². The Kier molecular flexibility index (Phi) is 4.72. The molecule has 4 aromatic rings. The highest BCUT2D eigenvalue weighted by molar-refractivity contribution is 7.13. The highest BCUT2D eigenvalue weighted by atomic mass is 35.5. The third-order valence-corrected chi connectivity index (χ3v) is 7.24. The van der Waals surface area contributed by atoms with Gasteiger partial charge in [0.05, 0.1) is 22.4 Å². The highest BCUT2D eigenvalue weighted by Crippen LogP contribution is 2.36. The summed E-state index contributed by atoms with van der Waals surface area (Å²) < 4.78 is 1.85. The number of hydrogen-bond acceptors (Lipinski definition) is 4. The minimum absolute atomic E-state index is 0.0445. The van der Waals surface area contributed by atoms with Crippen molar-refractivity contribution in [2.24, 2.45) is 7.05 Å². The molecule has 0 saturated heterocycles. The maximum absolute atomic E-state index is 12.9. The highest BCUT2D eigenvalue weighted by Gasteiger charge is 2.21. The molecule has 2 aromatic carbocycles. The summed E-state index contributed by atoms with van der Waals surface area (Å²) in [5.74, 6) is 0.0445. The van der Waals surface area contributed by atoms with Crippen LogP contribution in [0.3, 0.4) is 0 Å². The van der Waals surface area contributed by atoms with E-state index >= 15 is 0 Å². The number of Topliss-reactive ketones (excluding diaryl/α,β-unsaturated/α-hetero) is 1. The molecule has 0 atom stereocenters. The Morgan fingerprint density at radius 1 is 1.14 bits per heavy atom. The van der Waals surface area contributed by atoms with Gasteiger partial charge in [0.15, 0.2) is 10.8 Å². The van der Waals surface area contributed by atoms with Crippen molar-refractivity contribution < 1.29 is 4.79 Å². The summed E-state index contributed by atoms with van der Waals surface area (Å²) in [5, 5.41) is 6.66. The number of carbonyl (C=O) groups is 1. The van der Waals surface area contributed by atoms with E-state index in [-0.39, 0.29) is 12.2 Å². The summed E-state index contributed by atoms with van der Waals surface area (Å²) in [6.07, 6.45) is 6.52. The summed E-state index contributed by atoms with van der Waals surface area (Å²) in [4.78, 5) is 18.8. The standard InChI is InChI=1S/C23H20ClN3OS/c1-27-19-10-5-7-15(17(19)13-25-27)16-8-4-6-14(22(16)24)12-20(28)23-26-18-9-2-3-11-21(18)29-23/h4-8,10,13H,2-3,9,11-12H2,1H3. The fourth-order valence-electron chi connectivity index (χ4n) is 4.06. The number of nitrogens with zero attached hydrogens (tertiary/aromatic N) is 3. The zero-order chi connectivity index (χ0) is 20.0. The Morgan fingerprint density at radius 2 is 1.93 bits per heavy atom. The summed E-state index contributed by atoms with van der Waals surface area (Å²) in [6, 6.07) is 12.0. The van der Waals surface area contributed by atoms with Crippen LogP contribution in [0.1, 0.15) is 38.8 Å². The predicted octanol–water partition coefficient (Wildman–Crippen LogP) is 5.65. The third kappa shape index (κ3) is 3.28. The van der Waals surface area contributed by atoms with E-state index in [1.807, 2.05) is 54.3 Å². The van der Waals surface area contributed by atoms with Gasteiger partial charge in [-0.3, -0.25) is 9.48 Å². The first-order valence-corrected chi connectivity index (χ1v) is 11.0. The van der Waals surface area contributed by atoms with E-state index in [0.717, 1.165) is 52.5 Å². The molecule has 0 spiro atoms. The Balaban J connectivity index is 1.49. The Morgan fingerprint density at radius 3 is 2.79 bits per heavy atom. The maximum atomic E-state index is 12.9. The first-order valence-electron chi connectivity index (χ1n) is 9.82. The average molecular weight is 422 g/mol. The lowest BCUT2D eigenvalue weighted by molar-refractivity contribution is 0.0992.